The third-order valence-corrected chi connectivity index (χ3v) is 4.71. The zero-order valence-corrected chi connectivity index (χ0v) is 16.7. The van der Waals surface area contributed by atoms with E-state index in [4.69, 9.17) is 18.7 Å². The summed E-state index contributed by atoms with van der Waals surface area (Å²) in [4.78, 5) is 16.1. The van der Waals surface area contributed by atoms with Gasteiger partial charge in [0.05, 0.1) is 5.56 Å². The van der Waals surface area contributed by atoms with Gasteiger partial charge >= 0.3 is 5.97 Å². The first kappa shape index (κ1) is 19.7. The summed E-state index contributed by atoms with van der Waals surface area (Å²) < 4.78 is 21.4. The molecule has 0 saturated heterocycles. The lowest BCUT2D eigenvalue weighted by Gasteiger charge is -2.08. The number of hydrogen-bond donors (Lipinski definition) is 0. The van der Waals surface area contributed by atoms with Gasteiger partial charge in [0.2, 0.25) is 5.82 Å². The Balaban J connectivity index is 1.19. The van der Waals surface area contributed by atoms with Crippen molar-refractivity contribution in [2.45, 2.75) is 13.2 Å². The molecule has 0 spiro atoms. The summed E-state index contributed by atoms with van der Waals surface area (Å²) in [6.07, 6.45) is 0. The summed E-state index contributed by atoms with van der Waals surface area (Å²) >= 11 is 1.53. The minimum Gasteiger partial charge on any atom is -0.489 e. The maximum absolute atomic E-state index is 11.9. The number of carbonyl (C=O) groups excluding carboxylic acids is 1. The Morgan fingerprint density at radius 3 is 2.43 bits per heavy atom. The molecule has 4 aromatic rings. The fourth-order valence-corrected chi connectivity index (χ4v) is 3.15. The van der Waals surface area contributed by atoms with Crippen molar-refractivity contribution in [3.63, 3.8) is 0 Å². The highest BCUT2D eigenvalue weighted by Gasteiger charge is 2.12. The lowest BCUT2D eigenvalue weighted by atomic mass is 10.2. The second-order valence-electron chi connectivity index (χ2n) is 6.22. The maximum atomic E-state index is 11.9. The molecule has 0 amide bonds. The van der Waals surface area contributed by atoms with Gasteiger partial charge < -0.3 is 18.7 Å². The van der Waals surface area contributed by atoms with Crippen LogP contribution in [0.4, 0.5) is 0 Å². The maximum Gasteiger partial charge on any atom is 0.344 e. The normalized spacial score (nSPS) is 10.5. The monoisotopic (exact) mass is 422 g/mol. The standard InChI is InChI=1S/C22H18N2O5S/c25-21(28-13-20-23-22(29-24-20)17-10-11-30-15-17)14-27-19-8-6-18(7-9-19)26-12-16-4-2-1-3-5-16/h1-11,15H,12-14H2. The molecule has 152 valence electrons. The van der Waals surface area contributed by atoms with E-state index < -0.39 is 5.97 Å². The summed E-state index contributed by atoms with van der Waals surface area (Å²) in [5.41, 5.74) is 1.93. The summed E-state index contributed by atoms with van der Waals surface area (Å²) in [5, 5.41) is 7.61. The van der Waals surface area contributed by atoms with Gasteiger partial charge in [-0.25, -0.2) is 4.79 Å². The Kier molecular flexibility index (Phi) is 6.36. The van der Waals surface area contributed by atoms with Crippen LogP contribution in [0.1, 0.15) is 11.4 Å². The Morgan fingerprint density at radius 2 is 1.70 bits per heavy atom. The minimum atomic E-state index is -0.527. The van der Waals surface area contributed by atoms with Crippen LogP contribution in [-0.2, 0) is 22.7 Å². The van der Waals surface area contributed by atoms with Crippen molar-refractivity contribution in [3.05, 3.63) is 82.8 Å². The van der Waals surface area contributed by atoms with Gasteiger partial charge in [-0.15, -0.1) is 0 Å². The SMILES string of the molecule is O=C(COc1ccc(OCc2ccccc2)cc1)OCc1noc(-c2ccsc2)n1. The van der Waals surface area contributed by atoms with E-state index in [0.29, 0.717) is 29.8 Å². The van der Waals surface area contributed by atoms with Gasteiger partial charge in [0.15, 0.2) is 13.2 Å². The van der Waals surface area contributed by atoms with Crippen LogP contribution in [0.2, 0.25) is 0 Å². The molecule has 0 N–H and O–H groups in total. The Morgan fingerprint density at radius 1 is 0.933 bits per heavy atom. The fraction of sp³-hybridized carbons (Fsp3) is 0.136. The van der Waals surface area contributed by atoms with E-state index in [1.165, 1.54) is 11.3 Å². The first-order valence-electron chi connectivity index (χ1n) is 9.16. The second kappa shape index (κ2) is 9.71. The largest absolute Gasteiger partial charge is 0.489 e. The average molecular weight is 422 g/mol. The number of thiophene rings is 1. The lowest BCUT2D eigenvalue weighted by molar-refractivity contribution is -0.147. The number of esters is 1. The molecular formula is C22H18N2O5S. The number of nitrogens with zero attached hydrogens (tertiary/aromatic N) is 2. The molecule has 30 heavy (non-hydrogen) atoms. The highest BCUT2D eigenvalue weighted by atomic mass is 32.1. The highest BCUT2D eigenvalue weighted by Crippen LogP contribution is 2.20. The van der Waals surface area contributed by atoms with Gasteiger partial charge in [0.1, 0.15) is 18.1 Å². The van der Waals surface area contributed by atoms with E-state index in [1.807, 2.05) is 47.2 Å². The van der Waals surface area contributed by atoms with E-state index in [-0.39, 0.29) is 13.2 Å². The minimum absolute atomic E-state index is 0.0813. The predicted molar refractivity (Wildman–Crippen MR) is 110 cm³/mol. The molecule has 4 rings (SSSR count). The van der Waals surface area contributed by atoms with Gasteiger partial charge in [0, 0.05) is 5.38 Å². The fourth-order valence-electron chi connectivity index (χ4n) is 2.52. The molecule has 0 bridgehead atoms. The van der Waals surface area contributed by atoms with Crippen LogP contribution in [0.15, 0.2) is 75.9 Å². The van der Waals surface area contributed by atoms with Crippen molar-refractivity contribution >= 4 is 17.3 Å². The molecule has 2 aromatic carbocycles. The number of hydrogen-bond acceptors (Lipinski definition) is 8. The molecule has 2 aromatic heterocycles. The summed E-state index contributed by atoms with van der Waals surface area (Å²) in [7, 11) is 0. The molecule has 7 nitrogen and oxygen atoms in total. The first-order valence-corrected chi connectivity index (χ1v) is 10.1. The molecule has 8 heteroatoms. The van der Waals surface area contributed by atoms with Crippen LogP contribution in [0, 0.1) is 0 Å². The first-order chi connectivity index (χ1) is 14.8. The third kappa shape index (κ3) is 5.45. The number of rotatable bonds is 9. The van der Waals surface area contributed by atoms with Gasteiger partial charge in [-0.1, -0.05) is 35.5 Å². The quantitative estimate of drug-likeness (QED) is 0.367. The van der Waals surface area contributed by atoms with E-state index in [0.717, 1.165) is 11.1 Å². The topological polar surface area (TPSA) is 83.7 Å². The smallest absolute Gasteiger partial charge is 0.344 e. The van der Waals surface area contributed by atoms with Gasteiger partial charge in [-0.05, 0) is 41.3 Å². The van der Waals surface area contributed by atoms with Crippen molar-refractivity contribution in [3.8, 4) is 23.0 Å². The number of aromatic nitrogens is 2. The summed E-state index contributed by atoms with van der Waals surface area (Å²) in [6.45, 7) is 0.180. The third-order valence-electron chi connectivity index (χ3n) is 4.03. The van der Waals surface area contributed by atoms with Crippen LogP contribution in [0.3, 0.4) is 0 Å². The Hall–Kier alpha value is -3.65. The van der Waals surface area contributed by atoms with Crippen LogP contribution in [0.25, 0.3) is 11.5 Å². The molecule has 0 unspecified atom stereocenters. The zero-order chi connectivity index (χ0) is 20.6. The summed E-state index contributed by atoms with van der Waals surface area (Å²) in [5.74, 6) is 1.42. The molecule has 0 saturated carbocycles. The zero-order valence-electron chi connectivity index (χ0n) is 15.9. The second-order valence-corrected chi connectivity index (χ2v) is 7.00. The lowest BCUT2D eigenvalue weighted by Crippen LogP contribution is -2.15. The van der Waals surface area contributed by atoms with Crippen molar-refractivity contribution in [1.29, 1.82) is 0 Å². The van der Waals surface area contributed by atoms with E-state index in [2.05, 4.69) is 10.1 Å². The molecule has 0 aliphatic carbocycles. The molecule has 0 radical (unpaired) electrons. The molecule has 0 atom stereocenters. The average Bonchev–Trinajstić information content (AvgIpc) is 3.48. The van der Waals surface area contributed by atoms with Crippen LogP contribution >= 0.6 is 11.3 Å². The van der Waals surface area contributed by atoms with Gasteiger partial charge in [-0.3, -0.25) is 0 Å². The molecule has 0 aliphatic rings. The van der Waals surface area contributed by atoms with E-state index in [9.17, 15) is 4.79 Å². The van der Waals surface area contributed by atoms with Gasteiger partial charge in [-0.2, -0.15) is 16.3 Å². The molecule has 0 fully saturated rings. The van der Waals surface area contributed by atoms with Crippen molar-refractivity contribution < 1.29 is 23.5 Å². The van der Waals surface area contributed by atoms with Crippen LogP contribution in [-0.4, -0.2) is 22.7 Å². The highest BCUT2D eigenvalue weighted by molar-refractivity contribution is 7.08. The van der Waals surface area contributed by atoms with Crippen molar-refractivity contribution in [2.75, 3.05) is 6.61 Å². The van der Waals surface area contributed by atoms with Crippen molar-refractivity contribution in [1.82, 2.24) is 10.1 Å². The molecule has 0 aliphatic heterocycles. The number of carbonyl (C=O) groups is 1. The van der Waals surface area contributed by atoms with E-state index >= 15 is 0 Å². The van der Waals surface area contributed by atoms with E-state index in [1.54, 1.807) is 24.3 Å². The number of ether oxygens (including phenoxy) is 3. The summed E-state index contributed by atoms with van der Waals surface area (Å²) in [6, 6.07) is 18.8. The van der Waals surface area contributed by atoms with Gasteiger partial charge in [0.25, 0.3) is 5.89 Å². The Labute approximate surface area is 176 Å². The van der Waals surface area contributed by atoms with Crippen LogP contribution in [0.5, 0.6) is 11.5 Å². The predicted octanol–water partition coefficient (Wildman–Crippen LogP) is 4.50. The van der Waals surface area contributed by atoms with Crippen molar-refractivity contribution in [2.24, 2.45) is 0 Å². The van der Waals surface area contributed by atoms with Crippen LogP contribution < -0.4 is 9.47 Å². The number of benzene rings is 2. The Bertz CT molecular complexity index is 1060. The molecule has 2 heterocycles. The molecular weight excluding hydrogens is 404 g/mol.